The van der Waals surface area contributed by atoms with Crippen LogP contribution in [0.2, 0.25) is 0 Å². The standard InChI is InChI=1S/C17H17F3N4O2S/c1-10-2-3-13(27(25)26)5-14(10)11-4-15(16(22)24-8-11)12(6-21)7-23-9-17(18,19)20/h2-8,21,23,27H,9H2,1H3,(H2,22,24)/b12-7+,21-6?. The Morgan fingerprint density at radius 2 is 2.04 bits per heavy atom. The van der Waals surface area contributed by atoms with Crippen molar-refractivity contribution in [2.75, 3.05) is 12.3 Å². The van der Waals surface area contributed by atoms with Gasteiger partial charge in [0.2, 0.25) is 0 Å². The van der Waals surface area contributed by atoms with E-state index in [0.717, 1.165) is 18.0 Å². The van der Waals surface area contributed by atoms with Crippen LogP contribution in [0.5, 0.6) is 0 Å². The first kappa shape index (κ1) is 20.4. The summed E-state index contributed by atoms with van der Waals surface area (Å²) >= 11 is 0. The van der Waals surface area contributed by atoms with Crippen molar-refractivity contribution in [3.63, 3.8) is 0 Å². The fourth-order valence-electron chi connectivity index (χ4n) is 2.36. The molecule has 1 heterocycles. The quantitative estimate of drug-likeness (QED) is 0.442. The summed E-state index contributed by atoms with van der Waals surface area (Å²) in [6.07, 6.45) is -1.07. The molecule has 1 aromatic heterocycles. The van der Waals surface area contributed by atoms with Gasteiger partial charge < -0.3 is 16.5 Å². The molecule has 0 aliphatic rings. The number of thiol groups is 1. The molecule has 2 aromatic rings. The van der Waals surface area contributed by atoms with E-state index in [1.807, 2.05) is 0 Å². The number of nitrogens with zero attached hydrogens (tertiary/aromatic N) is 1. The lowest BCUT2D eigenvalue weighted by atomic mass is 9.98. The van der Waals surface area contributed by atoms with Crippen LogP contribution in [0.4, 0.5) is 19.0 Å². The predicted octanol–water partition coefficient (Wildman–Crippen LogP) is 2.75. The summed E-state index contributed by atoms with van der Waals surface area (Å²) in [7, 11) is -2.77. The van der Waals surface area contributed by atoms with Gasteiger partial charge in [-0.15, -0.1) is 0 Å². The molecule has 0 saturated carbocycles. The third-order valence-corrected chi connectivity index (χ3v) is 4.39. The number of halogens is 3. The molecule has 4 N–H and O–H groups in total. The van der Waals surface area contributed by atoms with Gasteiger partial charge in [0.25, 0.3) is 0 Å². The summed E-state index contributed by atoms with van der Waals surface area (Å²) < 4.78 is 59.3. The molecule has 0 bridgehead atoms. The molecule has 0 aliphatic heterocycles. The number of hydrogen-bond acceptors (Lipinski definition) is 6. The summed E-state index contributed by atoms with van der Waals surface area (Å²) in [6.45, 7) is 0.528. The summed E-state index contributed by atoms with van der Waals surface area (Å²) in [5, 5.41) is 9.55. The van der Waals surface area contributed by atoms with Crippen LogP contribution in [0.3, 0.4) is 0 Å². The van der Waals surface area contributed by atoms with Crippen molar-refractivity contribution in [3.8, 4) is 11.1 Å². The Labute approximate surface area is 155 Å². The summed E-state index contributed by atoms with van der Waals surface area (Å²) in [5.74, 6) is 0.0333. The Hall–Kier alpha value is -2.88. The minimum absolute atomic E-state index is 0.0333. The van der Waals surface area contributed by atoms with Gasteiger partial charge >= 0.3 is 6.18 Å². The molecule has 0 unspecified atom stereocenters. The average molecular weight is 398 g/mol. The lowest BCUT2D eigenvalue weighted by Gasteiger charge is -2.12. The first-order valence-corrected chi connectivity index (χ1v) is 8.82. The van der Waals surface area contributed by atoms with Gasteiger partial charge in [-0.05, 0) is 36.2 Å². The van der Waals surface area contributed by atoms with Crippen LogP contribution in [-0.2, 0) is 10.7 Å². The molecule has 2 rings (SSSR count). The zero-order valence-electron chi connectivity index (χ0n) is 14.2. The Morgan fingerprint density at radius 1 is 1.33 bits per heavy atom. The van der Waals surface area contributed by atoms with Gasteiger partial charge in [-0.2, -0.15) is 13.2 Å². The summed E-state index contributed by atoms with van der Waals surface area (Å²) in [4.78, 5) is 4.15. The number of allylic oxidation sites excluding steroid dienone is 1. The second kappa shape index (κ2) is 8.21. The number of aromatic nitrogens is 1. The Morgan fingerprint density at radius 3 is 2.63 bits per heavy atom. The van der Waals surface area contributed by atoms with Gasteiger partial charge in [0.05, 0.1) is 4.90 Å². The number of rotatable bonds is 6. The van der Waals surface area contributed by atoms with Crippen molar-refractivity contribution in [2.45, 2.75) is 18.0 Å². The van der Waals surface area contributed by atoms with E-state index in [0.29, 0.717) is 11.1 Å². The first-order valence-electron chi connectivity index (χ1n) is 7.64. The number of nitrogens with two attached hydrogens (primary N) is 1. The zero-order valence-corrected chi connectivity index (χ0v) is 15.1. The number of benzene rings is 1. The molecular weight excluding hydrogens is 381 g/mol. The van der Waals surface area contributed by atoms with E-state index in [9.17, 15) is 21.6 Å². The number of anilines is 1. The van der Waals surface area contributed by atoms with Crippen molar-refractivity contribution in [3.05, 3.63) is 47.8 Å². The topological polar surface area (TPSA) is 109 Å². The van der Waals surface area contributed by atoms with Gasteiger partial charge in [0.15, 0.2) is 10.7 Å². The van der Waals surface area contributed by atoms with E-state index in [1.54, 1.807) is 19.1 Å². The van der Waals surface area contributed by atoms with Gasteiger partial charge in [0, 0.05) is 35.3 Å². The maximum Gasteiger partial charge on any atom is 0.405 e. The molecule has 0 radical (unpaired) electrons. The second-order valence-corrected chi connectivity index (χ2v) is 6.68. The van der Waals surface area contributed by atoms with Crippen LogP contribution in [0.1, 0.15) is 11.1 Å². The maximum absolute atomic E-state index is 12.3. The number of hydrogen-bond donors (Lipinski definition) is 4. The van der Waals surface area contributed by atoms with E-state index in [-0.39, 0.29) is 21.8 Å². The van der Waals surface area contributed by atoms with Crippen LogP contribution in [0, 0.1) is 12.3 Å². The van der Waals surface area contributed by atoms with E-state index < -0.39 is 23.4 Å². The van der Waals surface area contributed by atoms with E-state index >= 15 is 0 Å². The van der Waals surface area contributed by atoms with E-state index in [1.165, 1.54) is 18.3 Å². The maximum atomic E-state index is 12.3. The van der Waals surface area contributed by atoms with Gasteiger partial charge in [-0.25, -0.2) is 13.4 Å². The smallest absolute Gasteiger partial charge is 0.383 e. The number of nitrogens with one attached hydrogen (secondary N) is 2. The van der Waals surface area contributed by atoms with E-state index in [2.05, 4.69) is 10.3 Å². The number of alkyl halides is 3. The second-order valence-electron chi connectivity index (χ2n) is 5.65. The van der Waals surface area contributed by atoms with E-state index in [4.69, 9.17) is 11.1 Å². The lowest BCUT2D eigenvalue weighted by molar-refractivity contribution is -0.122. The molecule has 0 spiro atoms. The number of aryl methyl sites for hydroxylation is 1. The Kier molecular flexibility index (Phi) is 6.21. The van der Waals surface area contributed by atoms with Crippen molar-refractivity contribution in [1.82, 2.24) is 10.3 Å². The fraction of sp³-hybridized carbons (Fsp3) is 0.176. The minimum atomic E-state index is -4.40. The first-order chi connectivity index (χ1) is 12.6. The van der Waals surface area contributed by atoms with Crippen LogP contribution >= 0.6 is 0 Å². The van der Waals surface area contributed by atoms with Gasteiger partial charge in [0.1, 0.15) is 12.4 Å². The summed E-state index contributed by atoms with van der Waals surface area (Å²) in [6, 6.07) is 6.15. The Balaban J connectivity index is 2.48. The molecule has 0 atom stereocenters. The highest BCUT2D eigenvalue weighted by atomic mass is 32.2. The van der Waals surface area contributed by atoms with Crippen molar-refractivity contribution >= 4 is 28.3 Å². The molecule has 1 aromatic carbocycles. The normalized spacial score (nSPS) is 12.3. The Bertz CT molecular complexity index is 961. The SMILES string of the molecule is Cc1ccc([SH](=O)=O)cc1-c1cnc(N)c(/C(C=N)=C/NCC(F)(F)F)c1. The molecule has 0 aliphatic carbocycles. The molecule has 27 heavy (non-hydrogen) atoms. The molecule has 0 saturated heterocycles. The van der Waals surface area contributed by atoms with Crippen LogP contribution < -0.4 is 11.1 Å². The molecule has 10 heteroatoms. The lowest BCUT2D eigenvalue weighted by Crippen LogP contribution is -2.25. The highest BCUT2D eigenvalue weighted by Gasteiger charge is 2.26. The average Bonchev–Trinajstić information content (AvgIpc) is 2.59. The number of nitrogen functional groups attached to an aromatic ring is 1. The van der Waals surface area contributed by atoms with Gasteiger partial charge in [-0.3, -0.25) is 0 Å². The molecule has 6 nitrogen and oxygen atoms in total. The third-order valence-electron chi connectivity index (χ3n) is 3.69. The van der Waals surface area contributed by atoms with Crippen LogP contribution in [-0.4, -0.2) is 32.3 Å². The predicted molar refractivity (Wildman–Crippen MR) is 98.2 cm³/mol. The summed E-state index contributed by atoms with van der Waals surface area (Å²) in [5.41, 5.74) is 8.08. The van der Waals surface area contributed by atoms with Crippen molar-refractivity contribution in [2.24, 2.45) is 0 Å². The molecule has 0 fully saturated rings. The van der Waals surface area contributed by atoms with Gasteiger partial charge in [-0.1, -0.05) is 6.07 Å². The largest absolute Gasteiger partial charge is 0.405 e. The van der Waals surface area contributed by atoms with Crippen LogP contribution in [0.15, 0.2) is 41.6 Å². The number of pyridine rings is 1. The highest BCUT2D eigenvalue weighted by molar-refractivity contribution is 7.72. The third kappa shape index (κ3) is 5.30. The fourth-order valence-corrected chi connectivity index (χ4v) is 2.79. The monoisotopic (exact) mass is 398 g/mol. The zero-order chi connectivity index (χ0) is 20.2. The molecule has 144 valence electrons. The highest BCUT2D eigenvalue weighted by Crippen LogP contribution is 2.29. The molecule has 0 amide bonds. The minimum Gasteiger partial charge on any atom is -0.383 e. The molecular formula is C17H17F3N4O2S. The van der Waals surface area contributed by atoms with Crippen molar-refractivity contribution in [1.29, 1.82) is 5.41 Å². The van der Waals surface area contributed by atoms with Crippen LogP contribution in [0.25, 0.3) is 16.7 Å². The van der Waals surface area contributed by atoms with Crippen molar-refractivity contribution < 1.29 is 21.6 Å².